The molecule has 24 heavy (non-hydrogen) atoms. The maximum Gasteiger partial charge on any atom is 0.272 e. The van der Waals surface area contributed by atoms with E-state index in [1.807, 2.05) is 13.0 Å². The highest BCUT2D eigenvalue weighted by atomic mass is 16.2. The van der Waals surface area contributed by atoms with Gasteiger partial charge in [0.05, 0.1) is 23.4 Å². The average Bonchev–Trinajstić information content (AvgIpc) is 2.57. The predicted molar refractivity (Wildman–Crippen MR) is 89.2 cm³/mol. The number of primary amides is 1. The number of fused-ring (bicyclic) bond motifs is 1. The minimum Gasteiger partial charge on any atom is -0.369 e. The van der Waals surface area contributed by atoms with E-state index in [4.69, 9.17) is 5.73 Å². The van der Waals surface area contributed by atoms with Crippen LogP contribution in [0.5, 0.6) is 0 Å². The third-order valence-electron chi connectivity index (χ3n) is 4.70. The summed E-state index contributed by atoms with van der Waals surface area (Å²) in [6.07, 6.45) is 1.53. The molecule has 1 aromatic heterocycles. The molecule has 2 unspecified atom stereocenters. The first-order valence-electron chi connectivity index (χ1n) is 8.02. The Balaban J connectivity index is 1.86. The van der Waals surface area contributed by atoms with Gasteiger partial charge in [-0.25, -0.2) is 5.10 Å². The lowest BCUT2D eigenvalue weighted by Crippen LogP contribution is -2.49. The standard InChI is InChI=1S/C17H20N4O3/c1-10-6-7-11(16(18)23)9-21(10)15(22)8-14-12-4-2-3-5-13(12)17(24)20-19-14/h2-5,10-11H,6-9H2,1H3,(H2,18,23)(H,20,24). The summed E-state index contributed by atoms with van der Waals surface area (Å²) in [5.74, 6) is -0.782. The van der Waals surface area contributed by atoms with Crippen molar-refractivity contribution in [3.05, 3.63) is 40.3 Å². The minimum atomic E-state index is -0.368. The van der Waals surface area contributed by atoms with Crippen LogP contribution in [0.3, 0.4) is 0 Å². The van der Waals surface area contributed by atoms with Crippen LogP contribution in [0.25, 0.3) is 10.8 Å². The Morgan fingerprint density at radius 3 is 2.71 bits per heavy atom. The summed E-state index contributed by atoms with van der Waals surface area (Å²) in [6.45, 7) is 2.31. The summed E-state index contributed by atoms with van der Waals surface area (Å²) in [6, 6.07) is 7.13. The van der Waals surface area contributed by atoms with E-state index in [2.05, 4.69) is 10.2 Å². The van der Waals surface area contributed by atoms with Crippen LogP contribution in [0.2, 0.25) is 0 Å². The molecule has 1 fully saturated rings. The Labute approximate surface area is 138 Å². The van der Waals surface area contributed by atoms with Gasteiger partial charge in [0, 0.05) is 18.0 Å². The highest BCUT2D eigenvalue weighted by Gasteiger charge is 2.31. The maximum absolute atomic E-state index is 12.7. The second kappa shape index (κ2) is 6.43. The van der Waals surface area contributed by atoms with Gasteiger partial charge in [-0.05, 0) is 25.8 Å². The van der Waals surface area contributed by atoms with Crippen LogP contribution in [0.1, 0.15) is 25.5 Å². The van der Waals surface area contributed by atoms with Crippen molar-refractivity contribution in [2.45, 2.75) is 32.2 Å². The van der Waals surface area contributed by atoms with Crippen LogP contribution in [0.4, 0.5) is 0 Å². The fourth-order valence-electron chi connectivity index (χ4n) is 3.24. The molecule has 0 spiro atoms. The molecule has 3 N–H and O–H groups in total. The summed E-state index contributed by atoms with van der Waals surface area (Å²) in [5, 5.41) is 7.67. The molecule has 2 amide bonds. The number of nitrogens with zero attached hydrogens (tertiary/aromatic N) is 2. The molecular formula is C17H20N4O3. The molecule has 1 aliphatic heterocycles. The number of aromatic nitrogens is 2. The lowest BCUT2D eigenvalue weighted by Gasteiger charge is -2.37. The number of likely N-dealkylation sites (tertiary alicyclic amines) is 1. The zero-order valence-electron chi connectivity index (χ0n) is 13.5. The molecule has 1 aliphatic rings. The highest BCUT2D eigenvalue weighted by molar-refractivity contribution is 5.88. The quantitative estimate of drug-likeness (QED) is 0.858. The van der Waals surface area contributed by atoms with Crippen LogP contribution >= 0.6 is 0 Å². The minimum absolute atomic E-state index is 0.0575. The number of carbonyl (C=O) groups excluding carboxylic acids is 2. The third kappa shape index (κ3) is 3.02. The Kier molecular flexibility index (Phi) is 4.33. The van der Waals surface area contributed by atoms with Gasteiger partial charge in [0.25, 0.3) is 5.56 Å². The number of hydrogen-bond acceptors (Lipinski definition) is 4. The van der Waals surface area contributed by atoms with E-state index in [1.54, 1.807) is 23.1 Å². The molecule has 1 aromatic carbocycles. The molecule has 2 heterocycles. The number of amides is 2. The van der Waals surface area contributed by atoms with Crippen molar-refractivity contribution in [3.63, 3.8) is 0 Å². The smallest absolute Gasteiger partial charge is 0.272 e. The summed E-state index contributed by atoms with van der Waals surface area (Å²) in [7, 11) is 0. The molecule has 0 radical (unpaired) electrons. The van der Waals surface area contributed by atoms with Gasteiger partial charge in [-0.3, -0.25) is 14.4 Å². The van der Waals surface area contributed by atoms with Crippen molar-refractivity contribution < 1.29 is 9.59 Å². The van der Waals surface area contributed by atoms with Crippen molar-refractivity contribution in [1.29, 1.82) is 0 Å². The summed E-state index contributed by atoms with van der Waals surface area (Å²) in [4.78, 5) is 37.7. The monoisotopic (exact) mass is 328 g/mol. The normalized spacial score (nSPS) is 21.0. The number of hydrogen-bond donors (Lipinski definition) is 2. The van der Waals surface area contributed by atoms with Gasteiger partial charge in [0.2, 0.25) is 11.8 Å². The number of carbonyl (C=O) groups is 2. The predicted octanol–water partition coefficient (Wildman–Crippen LogP) is 0.578. The van der Waals surface area contributed by atoms with E-state index in [0.717, 1.165) is 6.42 Å². The summed E-state index contributed by atoms with van der Waals surface area (Å²) < 4.78 is 0. The van der Waals surface area contributed by atoms with E-state index in [0.29, 0.717) is 29.4 Å². The number of nitrogens with one attached hydrogen (secondary N) is 1. The van der Waals surface area contributed by atoms with Crippen molar-refractivity contribution in [3.8, 4) is 0 Å². The van der Waals surface area contributed by atoms with Gasteiger partial charge in [0.1, 0.15) is 0 Å². The van der Waals surface area contributed by atoms with Gasteiger partial charge in [-0.15, -0.1) is 0 Å². The van der Waals surface area contributed by atoms with Crippen molar-refractivity contribution in [2.24, 2.45) is 11.7 Å². The molecule has 7 nitrogen and oxygen atoms in total. The third-order valence-corrected chi connectivity index (χ3v) is 4.70. The summed E-state index contributed by atoms with van der Waals surface area (Å²) >= 11 is 0. The number of benzene rings is 1. The second-order valence-corrected chi connectivity index (χ2v) is 6.29. The van der Waals surface area contributed by atoms with Crippen molar-refractivity contribution in [1.82, 2.24) is 15.1 Å². The topological polar surface area (TPSA) is 109 Å². The number of aromatic amines is 1. The van der Waals surface area contributed by atoms with E-state index >= 15 is 0 Å². The van der Waals surface area contributed by atoms with Crippen molar-refractivity contribution in [2.75, 3.05) is 6.54 Å². The lowest BCUT2D eigenvalue weighted by molar-refractivity contribution is -0.137. The fraction of sp³-hybridized carbons (Fsp3) is 0.412. The maximum atomic E-state index is 12.7. The van der Waals surface area contributed by atoms with Crippen molar-refractivity contribution >= 4 is 22.6 Å². The Bertz CT molecular complexity index is 845. The molecule has 0 aliphatic carbocycles. The molecule has 3 rings (SSSR count). The first kappa shape index (κ1) is 16.2. The highest BCUT2D eigenvalue weighted by Crippen LogP contribution is 2.23. The molecule has 2 atom stereocenters. The molecule has 2 aromatic rings. The molecule has 126 valence electrons. The molecule has 7 heteroatoms. The van der Waals surface area contributed by atoms with E-state index in [1.165, 1.54) is 0 Å². The van der Waals surface area contributed by atoms with Crippen LogP contribution in [0.15, 0.2) is 29.1 Å². The van der Waals surface area contributed by atoms with E-state index in [-0.39, 0.29) is 35.8 Å². The van der Waals surface area contributed by atoms with Crippen LogP contribution in [0, 0.1) is 5.92 Å². The second-order valence-electron chi connectivity index (χ2n) is 6.29. The van der Waals surface area contributed by atoms with E-state index < -0.39 is 0 Å². The zero-order valence-corrected chi connectivity index (χ0v) is 13.5. The van der Waals surface area contributed by atoms with Gasteiger partial charge in [0.15, 0.2) is 0 Å². The number of nitrogens with two attached hydrogens (primary N) is 1. The number of piperidine rings is 1. The molecule has 0 bridgehead atoms. The Hall–Kier alpha value is -2.70. The number of H-pyrrole nitrogens is 1. The Morgan fingerprint density at radius 2 is 2.00 bits per heavy atom. The molecule has 1 saturated heterocycles. The van der Waals surface area contributed by atoms with Gasteiger partial charge in [-0.2, -0.15) is 5.10 Å². The van der Waals surface area contributed by atoms with Crippen LogP contribution < -0.4 is 11.3 Å². The average molecular weight is 328 g/mol. The molecular weight excluding hydrogens is 308 g/mol. The summed E-state index contributed by atoms with van der Waals surface area (Å²) in [5.41, 5.74) is 5.64. The van der Waals surface area contributed by atoms with Gasteiger partial charge in [-0.1, -0.05) is 18.2 Å². The molecule has 0 saturated carbocycles. The Morgan fingerprint density at radius 1 is 1.29 bits per heavy atom. The SMILES string of the molecule is CC1CCC(C(N)=O)CN1C(=O)Cc1n[nH]c(=O)c2ccccc12. The van der Waals surface area contributed by atoms with Crippen LogP contribution in [-0.4, -0.2) is 39.5 Å². The zero-order chi connectivity index (χ0) is 17.3. The first-order chi connectivity index (χ1) is 11.5. The van der Waals surface area contributed by atoms with E-state index in [9.17, 15) is 14.4 Å². The van der Waals surface area contributed by atoms with Gasteiger partial charge < -0.3 is 10.6 Å². The fourth-order valence-corrected chi connectivity index (χ4v) is 3.24. The largest absolute Gasteiger partial charge is 0.369 e. The van der Waals surface area contributed by atoms with Crippen LogP contribution in [-0.2, 0) is 16.0 Å². The first-order valence-corrected chi connectivity index (χ1v) is 8.02. The number of rotatable bonds is 3. The van der Waals surface area contributed by atoms with Gasteiger partial charge >= 0.3 is 0 Å². The lowest BCUT2D eigenvalue weighted by atomic mass is 9.92.